The van der Waals surface area contributed by atoms with Crippen LogP contribution in [0.2, 0.25) is 0 Å². The number of rotatable bonds is 4. The average Bonchev–Trinajstić information content (AvgIpc) is 1.68. The van der Waals surface area contributed by atoms with Gasteiger partial charge in [-0.1, -0.05) is 0 Å². The minimum Gasteiger partial charge on any atom is -0.337 e. The molecule has 0 aromatic rings. The first-order chi connectivity index (χ1) is 3.81. The summed E-state index contributed by atoms with van der Waals surface area (Å²) in [5, 5.41) is 0. The summed E-state index contributed by atoms with van der Waals surface area (Å²) in [5.41, 5.74) is 0. The second-order valence-electron chi connectivity index (χ2n) is 0.589. The summed E-state index contributed by atoms with van der Waals surface area (Å²) in [6.45, 7) is -0.167. The van der Waals surface area contributed by atoms with Crippen LogP contribution in [0.4, 0.5) is 0 Å². The molecule has 0 heterocycles. The van der Waals surface area contributed by atoms with E-state index in [-0.39, 0.29) is 12.9 Å². The van der Waals surface area contributed by atoms with Crippen LogP contribution in [-0.2, 0) is 29.3 Å². The number of carbonyl (C=O) groups is 2. The third-order valence-corrected chi connectivity index (χ3v) is 0.707. The van der Waals surface area contributed by atoms with Crippen LogP contribution in [0.3, 0.4) is 0 Å². The van der Waals surface area contributed by atoms with E-state index in [4.69, 9.17) is 0 Å². The van der Waals surface area contributed by atoms with Crippen LogP contribution in [-0.4, -0.2) is 17.2 Å². The Bertz CT molecular complexity index is 97.0. The zero-order valence-electron chi connectivity index (χ0n) is 3.60. The second-order valence-corrected chi connectivity index (χ2v) is 1.38. The van der Waals surface area contributed by atoms with Crippen LogP contribution in [0.25, 0.3) is 0 Å². The molecule has 0 rings (SSSR count). The monoisotopic (exact) mass is 138 g/mol. The first-order valence-electron chi connectivity index (χ1n) is 1.44. The van der Waals surface area contributed by atoms with E-state index in [1.807, 2.05) is 0 Å². The summed E-state index contributed by atoms with van der Waals surface area (Å²) in [5.74, 6) is 0. The van der Waals surface area contributed by atoms with Crippen LogP contribution < -0.4 is 0 Å². The number of hydrogen-bond donors (Lipinski definition) is 0. The molecule has 0 aromatic heterocycles. The van der Waals surface area contributed by atoms with E-state index in [9.17, 15) is 13.8 Å². The van der Waals surface area contributed by atoms with Gasteiger partial charge in [0, 0.05) is 0 Å². The molecule has 0 aliphatic carbocycles. The third kappa shape index (κ3) is 3.29. The van der Waals surface area contributed by atoms with E-state index >= 15 is 0 Å². The van der Waals surface area contributed by atoms with Gasteiger partial charge in [0.25, 0.3) is 0 Å². The standard InChI is InChI=1S/C2H2O5S/c3-1-6-8(5)7-2-4/h1-2H. The molecular weight excluding hydrogens is 136 g/mol. The predicted octanol–water partition coefficient (Wildman–Crippen LogP) is -1.09. The van der Waals surface area contributed by atoms with Crippen molar-refractivity contribution in [1.29, 1.82) is 0 Å². The molecule has 0 fully saturated rings. The first-order valence-corrected chi connectivity index (χ1v) is 2.44. The van der Waals surface area contributed by atoms with Crippen molar-refractivity contribution in [2.45, 2.75) is 0 Å². The van der Waals surface area contributed by atoms with Crippen LogP contribution in [0.15, 0.2) is 0 Å². The lowest BCUT2D eigenvalue weighted by molar-refractivity contribution is -0.122. The van der Waals surface area contributed by atoms with Gasteiger partial charge in [0.05, 0.1) is 0 Å². The summed E-state index contributed by atoms with van der Waals surface area (Å²) in [6, 6.07) is 0. The molecule has 5 nitrogen and oxygen atoms in total. The lowest BCUT2D eigenvalue weighted by Gasteiger charge is -1.87. The molecule has 6 heteroatoms. The van der Waals surface area contributed by atoms with Gasteiger partial charge in [0.2, 0.25) is 0 Å². The molecule has 0 amide bonds. The molecule has 8 heavy (non-hydrogen) atoms. The van der Waals surface area contributed by atoms with Crippen molar-refractivity contribution in [3.05, 3.63) is 0 Å². The van der Waals surface area contributed by atoms with Crippen molar-refractivity contribution in [2.75, 3.05) is 0 Å². The highest BCUT2D eigenvalue weighted by molar-refractivity contribution is 7.75. The maximum atomic E-state index is 9.85. The van der Waals surface area contributed by atoms with Gasteiger partial charge in [-0.15, -0.1) is 0 Å². The molecule has 0 bridgehead atoms. The first kappa shape index (κ1) is 7.09. The fourth-order valence-electron chi connectivity index (χ4n) is 0.0868. The Morgan fingerprint density at radius 2 is 1.50 bits per heavy atom. The quantitative estimate of drug-likeness (QED) is 0.462. The fraction of sp³-hybridized carbons (Fsp3) is 0. The van der Waals surface area contributed by atoms with Crippen LogP contribution in [0.5, 0.6) is 0 Å². The molecule has 0 saturated carbocycles. The van der Waals surface area contributed by atoms with Crippen LogP contribution in [0.1, 0.15) is 0 Å². The molecule has 0 N–H and O–H groups in total. The van der Waals surface area contributed by atoms with Gasteiger partial charge in [-0.2, -0.15) is 4.21 Å². The molecule has 46 valence electrons. The summed E-state index contributed by atoms with van der Waals surface area (Å²) < 4.78 is 17.1. The zero-order chi connectivity index (χ0) is 6.41. The second kappa shape index (κ2) is 4.25. The SMILES string of the molecule is O=COS(=O)OC=O. The Kier molecular flexibility index (Phi) is 3.77. The van der Waals surface area contributed by atoms with Gasteiger partial charge in [-0.25, -0.2) is 0 Å². The van der Waals surface area contributed by atoms with E-state index in [2.05, 4.69) is 8.37 Å². The van der Waals surface area contributed by atoms with Gasteiger partial charge in [0.1, 0.15) is 0 Å². The molecule has 0 saturated heterocycles. The van der Waals surface area contributed by atoms with Crippen molar-refractivity contribution in [1.82, 2.24) is 0 Å². The van der Waals surface area contributed by atoms with Crippen molar-refractivity contribution >= 4 is 24.3 Å². The summed E-state index contributed by atoms with van der Waals surface area (Å²) in [4.78, 5) is 18.6. The van der Waals surface area contributed by atoms with E-state index in [0.717, 1.165) is 0 Å². The molecule has 0 atom stereocenters. The normalized spacial score (nSPS) is 8.12. The van der Waals surface area contributed by atoms with E-state index < -0.39 is 11.4 Å². The largest absolute Gasteiger partial charge is 0.422 e. The highest BCUT2D eigenvalue weighted by Crippen LogP contribution is 1.78. The van der Waals surface area contributed by atoms with E-state index in [0.29, 0.717) is 0 Å². The van der Waals surface area contributed by atoms with Gasteiger partial charge >= 0.3 is 24.3 Å². The maximum absolute atomic E-state index is 9.85. The minimum absolute atomic E-state index is 0.0837. The molecule has 0 aromatic carbocycles. The molecule has 0 radical (unpaired) electrons. The van der Waals surface area contributed by atoms with Crippen LogP contribution >= 0.6 is 0 Å². The highest BCUT2D eigenvalue weighted by atomic mass is 32.2. The summed E-state index contributed by atoms with van der Waals surface area (Å²) in [7, 11) is 0. The Morgan fingerprint density at radius 3 is 1.75 bits per heavy atom. The van der Waals surface area contributed by atoms with Gasteiger partial charge in [0.15, 0.2) is 0 Å². The Hall–Kier alpha value is -0.910. The molecule has 0 aliphatic heterocycles. The van der Waals surface area contributed by atoms with Gasteiger partial charge < -0.3 is 8.37 Å². The van der Waals surface area contributed by atoms with Crippen molar-refractivity contribution in [2.24, 2.45) is 0 Å². The summed E-state index contributed by atoms with van der Waals surface area (Å²) >= 11 is -2.26. The molecule has 0 aliphatic rings. The summed E-state index contributed by atoms with van der Waals surface area (Å²) in [6.07, 6.45) is 0. The predicted molar refractivity (Wildman–Crippen MR) is 22.4 cm³/mol. The van der Waals surface area contributed by atoms with Crippen LogP contribution in [0, 0.1) is 0 Å². The highest BCUT2D eigenvalue weighted by Gasteiger charge is 1.94. The van der Waals surface area contributed by atoms with E-state index in [1.165, 1.54) is 0 Å². The number of carbonyl (C=O) groups excluding carboxylic acids is 2. The Labute approximate surface area is 47.4 Å². The average molecular weight is 138 g/mol. The molecule has 0 unspecified atom stereocenters. The van der Waals surface area contributed by atoms with Crippen molar-refractivity contribution in [3.8, 4) is 0 Å². The molecular formula is C2H2O5S. The zero-order valence-corrected chi connectivity index (χ0v) is 4.42. The van der Waals surface area contributed by atoms with Gasteiger partial charge in [-0.05, 0) is 0 Å². The lowest BCUT2D eigenvalue weighted by Crippen LogP contribution is -1.97. The van der Waals surface area contributed by atoms with Crippen molar-refractivity contribution in [3.63, 3.8) is 0 Å². The Balaban J connectivity index is 3.32. The van der Waals surface area contributed by atoms with Crippen molar-refractivity contribution < 1.29 is 22.2 Å². The third-order valence-electron chi connectivity index (χ3n) is 0.236. The number of hydrogen-bond acceptors (Lipinski definition) is 5. The molecule has 0 spiro atoms. The minimum atomic E-state index is -2.26. The maximum Gasteiger partial charge on any atom is 0.422 e. The Morgan fingerprint density at radius 1 is 1.12 bits per heavy atom. The topological polar surface area (TPSA) is 69.7 Å². The smallest absolute Gasteiger partial charge is 0.337 e. The fourth-order valence-corrected chi connectivity index (χ4v) is 0.260. The lowest BCUT2D eigenvalue weighted by atomic mass is 11.7. The van der Waals surface area contributed by atoms with Gasteiger partial charge in [-0.3, -0.25) is 9.59 Å². The van der Waals surface area contributed by atoms with E-state index in [1.54, 1.807) is 0 Å².